The van der Waals surface area contributed by atoms with E-state index in [-0.39, 0.29) is 17.9 Å². The first-order valence-electron chi connectivity index (χ1n) is 9.04. The fraction of sp³-hybridized carbons (Fsp3) is 0.273. The minimum Gasteiger partial charge on any atom is -0.507 e. The van der Waals surface area contributed by atoms with Gasteiger partial charge in [0.05, 0.1) is 11.6 Å². The molecule has 5 nitrogen and oxygen atoms in total. The van der Waals surface area contributed by atoms with Gasteiger partial charge in [-0.1, -0.05) is 42.0 Å². The first-order valence-corrected chi connectivity index (χ1v) is 9.04. The Balaban J connectivity index is 2.12. The summed E-state index contributed by atoms with van der Waals surface area (Å²) in [6.07, 6.45) is 0.514. The first-order chi connectivity index (χ1) is 13.4. The van der Waals surface area contributed by atoms with E-state index in [9.17, 15) is 19.1 Å². The number of halogens is 1. The van der Waals surface area contributed by atoms with Crippen molar-refractivity contribution in [3.05, 3.63) is 76.6 Å². The van der Waals surface area contributed by atoms with Gasteiger partial charge in [0.2, 0.25) is 0 Å². The number of aliphatic hydroxyl groups excluding tert-OH is 1. The van der Waals surface area contributed by atoms with Crippen molar-refractivity contribution in [2.24, 2.45) is 0 Å². The van der Waals surface area contributed by atoms with Crippen LogP contribution in [0.25, 0.3) is 5.76 Å². The molecule has 1 fully saturated rings. The van der Waals surface area contributed by atoms with Crippen LogP contribution in [-0.4, -0.2) is 42.0 Å². The predicted octanol–water partition coefficient (Wildman–Crippen LogP) is 3.59. The van der Waals surface area contributed by atoms with Gasteiger partial charge >= 0.3 is 0 Å². The van der Waals surface area contributed by atoms with Gasteiger partial charge in [-0.15, -0.1) is 0 Å². The van der Waals surface area contributed by atoms with Gasteiger partial charge in [0.25, 0.3) is 11.7 Å². The third kappa shape index (κ3) is 3.82. The maximum absolute atomic E-state index is 13.9. The van der Waals surface area contributed by atoms with Gasteiger partial charge in [0, 0.05) is 25.8 Å². The van der Waals surface area contributed by atoms with Gasteiger partial charge in [-0.25, -0.2) is 4.39 Å². The van der Waals surface area contributed by atoms with Crippen LogP contribution in [0.2, 0.25) is 0 Å². The molecule has 2 aromatic carbocycles. The molecule has 1 saturated heterocycles. The number of amides is 1. The Bertz CT molecular complexity index is 920. The zero-order valence-corrected chi connectivity index (χ0v) is 15.8. The predicted molar refractivity (Wildman–Crippen MR) is 103 cm³/mol. The topological polar surface area (TPSA) is 66.8 Å². The SMILES string of the molecule is COCCCN1C(=O)C(=O)/C(=C(\O)c2ccc(C)cc2)C1c1cccc(F)c1. The Morgan fingerprint density at radius 1 is 1.18 bits per heavy atom. The van der Waals surface area contributed by atoms with E-state index in [2.05, 4.69) is 0 Å². The average Bonchev–Trinajstić information content (AvgIpc) is 2.93. The summed E-state index contributed by atoms with van der Waals surface area (Å²) in [6, 6.07) is 11.9. The molecule has 0 spiro atoms. The second-order valence-corrected chi connectivity index (χ2v) is 6.76. The van der Waals surface area contributed by atoms with Crippen LogP contribution in [0, 0.1) is 12.7 Å². The lowest BCUT2D eigenvalue weighted by Crippen LogP contribution is -2.31. The summed E-state index contributed by atoms with van der Waals surface area (Å²) < 4.78 is 18.9. The van der Waals surface area contributed by atoms with Crippen molar-refractivity contribution >= 4 is 17.4 Å². The van der Waals surface area contributed by atoms with Crippen molar-refractivity contribution in [2.45, 2.75) is 19.4 Å². The Labute approximate surface area is 163 Å². The number of carbonyl (C=O) groups excluding carboxylic acids is 2. The number of rotatable bonds is 6. The van der Waals surface area contributed by atoms with E-state index in [0.717, 1.165) is 5.56 Å². The quantitative estimate of drug-likeness (QED) is 0.358. The molecule has 6 heteroatoms. The van der Waals surface area contributed by atoms with Gasteiger partial charge < -0.3 is 14.7 Å². The molecule has 0 radical (unpaired) electrons. The zero-order chi connectivity index (χ0) is 20.3. The molecule has 0 bridgehead atoms. The number of carbonyl (C=O) groups is 2. The van der Waals surface area contributed by atoms with Gasteiger partial charge in [-0.3, -0.25) is 9.59 Å². The Morgan fingerprint density at radius 2 is 1.89 bits per heavy atom. The summed E-state index contributed by atoms with van der Waals surface area (Å²) in [7, 11) is 1.55. The third-order valence-electron chi connectivity index (χ3n) is 4.78. The number of hydrogen-bond donors (Lipinski definition) is 1. The molecule has 0 aromatic heterocycles. The number of Topliss-reactive ketones (excluding diaryl/α,β-unsaturated/α-hetero) is 1. The number of hydrogen-bond acceptors (Lipinski definition) is 4. The fourth-order valence-corrected chi connectivity index (χ4v) is 3.38. The molecule has 0 saturated carbocycles. The lowest BCUT2D eigenvalue weighted by molar-refractivity contribution is -0.140. The molecular weight excluding hydrogens is 361 g/mol. The van der Waals surface area contributed by atoms with Crippen molar-refractivity contribution in [1.29, 1.82) is 0 Å². The van der Waals surface area contributed by atoms with Crippen LogP contribution in [0.4, 0.5) is 4.39 Å². The molecule has 1 atom stereocenters. The first kappa shape index (κ1) is 19.8. The molecular formula is C22H22FNO4. The molecule has 1 aliphatic rings. The number of ketones is 1. The molecule has 1 N–H and O–H groups in total. The summed E-state index contributed by atoms with van der Waals surface area (Å²) in [4.78, 5) is 26.8. The van der Waals surface area contributed by atoms with Crippen LogP contribution < -0.4 is 0 Å². The summed E-state index contributed by atoms with van der Waals surface area (Å²) >= 11 is 0. The molecule has 1 unspecified atom stereocenters. The number of aliphatic hydroxyl groups is 1. The van der Waals surface area contributed by atoms with Crippen LogP contribution in [0.15, 0.2) is 54.1 Å². The highest BCUT2D eigenvalue weighted by Gasteiger charge is 2.45. The largest absolute Gasteiger partial charge is 0.507 e. The van der Waals surface area contributed by atoms with E-state index >= 15 is 0 Å². The molecule has 1 amide bonds. The van der Waals surface area contributed by atoms with Crippen LogP contribution in [0.3, 0.4) is 0 Å². The Kier molecular flexibility index (Phi) is 5.90. The highest BCUT2D eigenvalue weighted by atomic mass is 19.1. The van der Waals surface area contributed by atoms with Crippen LogP contribution >= 0.6 is 0 Å². The maximum atomic E-state index is 13.9. The monoisotopic (exact) mass is 383 g/mol. The maximum Gasteiger partial charge on any atom is 0.295 e. The number of likely N-dealkylation sites (tertiary alicyclic amines) is 1. The summed E-state index contributed by atoms with van der Waals surface area (Å²) in [5.41, 5.74) is 1.84. The Hall–Kier alpha value is -2.99. The highest BCUT2D eigenvalue weighted by molar-refractivity contribution is 6.46. The highest BCUT2D eigenvalue weighted by Crippen LogP contribution is 2.39. The third-order valence-corrected chi connectivity index (χ3v) is 4.78. The molecule has 0 aliphatic carbocycles. The minimum atomic E-state index is -0.853. The standard InChI is InChI=1S/C22H22FNO4/c1-14-7-9-15(10-8-14)20(25)18-19(16-5-3-6-17(23)13-16)24(11-4-12-28-2)22(27)21(18)26/h3,5-10,13,19,25H,4,11-12H2,1-2H3/b20-18-. The summed E-state index contributed by atoms with van der Waals surface area (Å²) in [5, 5.41) is 10.9. The van der Waals surface area contributed by atoms with E-state index in [4.69, 9.17) is 4.74 Å². The fourth-order valence-electron chi connectivity index (χ4n) is 3.38. The van der Waals surface area contributed by atoms with Gasteiger partial charge in [0.1, 0.15) is 11.6 Å². The number of methoxy groups -OCH3 is 1. The van der Waals surface area contributed by atoms with E-state index < -0.39 is 23.5 Å². The zero-order valence-electron chi connectivity index (χ0n) is 15.8. The number of benzene rings is 2. The minimum absolute atomic E-state index is 0.0307. The molecule has 28 heavy (non-hydrogen) atoms. The Morgan fingerprint density at radius 3 is 2.54 bits per heavy atom. The molecule has 2 aromatic rings. The smallest absolute Gasteiger partial charge is 0.295 e. The summed E-state index contributed by atoms with van der Waals surface area (Å²) in [5.74, 6) is -2.22. The lowest BCUT2D eigenvalue weighted by Gasteiger charge is -2.25. The van der Waals surface area contributed by atoms with E-state index in [1.165, 1.54) is 23.1 Å². The van der Waals surface area contributed by atoms with Crippen LogP contribution in [-0.2, 0) is 14.3 Å². The van der Waals surface area contributed by atoms with Crippen LogP contribution in [0.5, 0.6) is 0 Å². The van der Waals surface area contributed by atoms with Gasteiger partial charge in [0.15, 0.2) is 0 Å². The molecule has 3 rings (SSSR count). The van der Waals surface area contributed by atoms with E-state index in [0.29, 0.717) is 24.2 Å². The number of nitrogens with zero attached hydrogens (tertiary/aromatic N) is 1. The van der Waals surface area contributed by atoms with Crippen molar-refractivity contribution in [3.8, 4) is 0 Å². The van der Waals surface area contributed by atoms with E-state index in [1.54, 1.807) is 37.4 Å². The van der Waals surface area contributed by atoms with Crippen LogP contribution in [0.1, 0.15) is 29.2 Å². The molecule has 1 aliphatic heterocycles. The van der Waals surface area contributed by atoms with Crippen molar-refractivity contribution in [1.82, 2.24) is 4.90 Å². The van der Waals surface area contributed by atoms with Gasteiger partial charge in [-0.2, -0.15) is 0 Å². The lowest BCUT2D eigenvalue weighted by atomic mass is 9.95. The van der Waals surface area contributed by atoms with Crippen molar-refractivity contribution in [2.75, 3.05) is 20.3 Å². The normalized spacial score (nSPS) is 18.7. The van der Waals surface area contributed by atoms with Gasteiger partial charge in [-0.05, 0) is 31.0 Å². The molecule has 1 heterocycles. The van der Waals surface area contributed by atoms with Crippen molar-refractivity contribution < 1.29 is 23.8 Å². The average molecular weight is 383 g/mol. The second kappa shape index (κ2) is 8.35. The second-order valence-electron chi connectivity index (χ2n) is 6.76. The molecule has 146 valence electrons. The number of ether oxygens (including phenoxy) is 1. The van der Waals surface area contributed by atoms with Crippen molar-refractivity contribution in [3.63, 3.8) is 0 Å². The summed E-state index contributed by atoms with van der Waals surface area (Å²) in [6.45, 7) is 2.58. The number of aryl methyl sites for hydroxylation is 1. The van der Waals surface area contributed by atoms with E-state index in [1.807, 2.05) is 6.92 Å².